The molecule has 0 radical (unpaired) electrons. The highest BCUT2D eigenvalue weighted by atomic mass is 16.5. The zero-order chi connectivity index (χ0) is 12.3. The van der Waals surface area contributed by atoms with E-state index in [0.29, 0.717) is 35.1 Å². The molecule has 2 heterocycles. The molecule has 0 saturated carbocycles. The van der Waals surface area contributed by atoms with E-state index in [1.165, 1.54) is 12.4 Å². The molecule has 0 bridgehead atoms. The van der Waals surface area contributed by atoms with E-state index in [1.807, 2.05) is 0 Å². The summed E-state index contributed by atoms with van der Waals surface area (Å²) in [6.45, 7) is 2.04. The molecule has 5 heteroatoms. The Morgan fingerprint density at radius 1 is 1.35 bits per heavy atom. The van der Waals surface area contributed by atoms with Crippen LogP contribution in [0, 0.1) is 0 Å². The average Bonchev–Trinajstić information content (AvgIpc) is 2.37. The normalized spacial score (nSPS) is 10.2. The van der Waals surface area contributed by atoms with Gasteiger partial charge in [0, 0.05) is 23.3 Å². The minimum Gasteiger partial charge on any atom is -0.462 e. The van der Waals surface area contributed by atoms with Gasteiger partial charge in [0.15, 0.2) is 11.9 Å². The lowest BCUT2D eigenvalue weighted by Crippen LogP contribution is -2.05. The average molecular weight is 230 g/mol. The molecular weight excluding hydrogens is 220 g/mol. The van der Waals surface area contributed by atoms with Gasteiger partial charge < -0.3 is 4.74 Å². The van der Waals surface area contributed by atoms with Crippen molar-refractivity contribution in [1.82, 2.24) is 9.97 Å². The maximum atomic E-state index is 11.5. The Kier molecular flexibility index (Phi) is 3.09. The lowest BCUT2D eigenvalue weighted by Gasteiger charge is -2.02. The van der Waals surface area contributed by atoms with Crippen LogP contribution in [0.5, 0.6) is 0 Å². The number of carbonyl (C=O) groups is 2. The molecular formula is C12H10N2O3. The summed E-state index contributed by atoms with van der Waals surface area (Å²) in [5.74, 6) is -0.432. The van der Waals surface area contributed by atoms with Crippen molar-refractivity contribution in [2.24, 2.45) is 0 Å². The van der Waals surface area contributed by atoms with E-state index < -0.39 is 5.97 Å². The van der Waals surface area contributed by atoms with Crippen LogP contribution in [0.1, 0.15) is 27.6 Å². The van der Waals surface area contributed by atoms with Crippen molar-refractivity contribution in [2.75, 3.05) is 6.61 Å². The van der Waals surface area contributed by atoms with Gasteiger partial charge in [-0.15, -0.1) is 0 Å². The van der Waals surface area contributed by atoms with Gasteiger partial charge in [-0.2, -0.15) is 0 Å². The molecule has 0 saturated heterocycles. The third kappa shape index (κ3) is 2.28. The van der Waals surface area contributed by atoms with Gasteiger partial charge in [-0.3, -0.25) is 4.79 Å². The van der Waals surface area contributed by atoms with Gasteiger partial charge in [0.2, 0.25) is 0 Å². The van der Waals surface area contributed by atoms with Crippen molar-refractivity contribution in [3.05, 3.63) is 35.7 Å². The first kappa shape index (κ1) is 11.2. The largest absolute Gasteiger partial charge is 0.462 e. The fourth-order valence-electron chi connectivity index (χ4n) is 1.43. The number of esters is 1. The molecule has 2 rings (SSSR count). The number of carbonyl (C=O) groups excluding carboxylic acids is 2. The van der Waals surface area contributed by atoms with Crippen LogP contribution in [0.2, 0.25) is 0 Å². The van der Waals surface area contributed by atoms with Gasteiger partial charge >= 0.3 is 5.97 Å². The number of pyridine rings is 2. The molecule has 0 N–H and O–H groups in total. The number of aromatic nitrogens is 2. The molecule has 0 amide bonds. The third-order valence-electron chi connectivity index (χ3n) is 2.20. The van der Waals surface area contributed by atoms with Crippen LogP contribution in [0.4, 0.5) is 0 Å². The summed E-state index contributed by atoms with van der Waals surface area (Å²) >= 11 is 0. The second-order valence-corrected chi connectivity index (χ2v) is 3.38. The Hall–Kier alpha value is -2.30. The maximum absolute atomic E-state index is 11.5. The Bertz CT molecular complexity index is 581. The van der Waals surface area contributed by atoms with Crippen LogP contribution >= 0.6 is 0 Å². The number of rotatable bonds is 3. The molecule has 17 heavy (non-hydrogen) atoms. The van der Waals surface area contributed by atoms with Crippen molar-refractivity contribution >= 4 is 23.3 Å². The first-order valence-corrected chi connectivity index (χ1v) is 5.12. The summed E-state index contributed by atoms with van der Waals surface area (Å²) in [5, 5.41) is 0.639. The standard InChI is InChI=1S/C12H10N2O3/c1-2-17-12(16)10-4-9-3-8(7-15)5-13-11(9)14-6-10/h3-7H,2H2,1H3. The van der Waals surface area contributed by atoms with E-state index in [-0.39, 0.29) is 0 Å². The van der Waals surface area contributed by atoms with Crippen LogP contribution in [0.15, 0.2) is 24.5 Å². The Balaban J connectivity index is 2.47. The van der Waals surface area contributed by atoms with Crippen molar-refractivity contribution in [2.45, 2.75) is 6.92 Å². The Morgan fingerprint density at radius 2 is 2.12 bits per heavy atom. The predicted octanol–water partition coefficient (Wildman–Crippen LogP) is 1.62. The molecule has 0 aromatic carbocycles. The quantitative estimate of drug-likeness (QED) is 0.592. The minimum atomic E-state index is -0.432. The number of aldehydes is 1. The van der Waals surface area contributed by atoms with Crippen LogP contribution in [0.3, 0.4) is 0 Å². The van der Waals surface area contributed by atoms with E-state index in [0.717, 1.165) is 0 Å². The minimum absolute atomic E-state index is 0.309. The smallest absolute Gasteiger partial charge is 0.339 e. The van der Waals surface area contributed by atoms with Crippen molar-refractivity contribution in [1.29, 1.82) is 0 Å². The lowest BCUT2D eigenvalue weighted by molar-refractivity contribution is 0.0526. The summed E-state index contributed by atoms with van der Waals surface area (Å²) < 4.78 is 4.86. The summed E-state index contributed by atoms with van der Waals surface area (Å²) in [6, 6.07) is 3.24. The molecule has 0 aliphatic heterocycles. The van der Waals surface area contributed by atoms with Crippen LogP contribution in [-0.2, 0) is 4.74 Å². The zero-order valence-electron chi connectivity index (χ0n) is 9.21. The summed E-state index contributed by atoms with van der Waals surface area (Å²) in [5.41, 5.74) is 1.29. The first-order valence-electron chi connectivity index (χ1n) is 5.12. The Labute approximate surface area is 97.4 Å². The van der Waals surface area contributed by atoms with Gasteiger partial charge in [-0.05, 0) is 19.1 Å². The number of hydrogen-bond donors (Lipinski definition) is 0. The summed E-state index contributed by atoms with van der Waals surface area (Å²) in [6.07, 6.45) is 3.55. The molecule has 5 nitrogen and oxygen atoms in total. The van der Waals surface area contributed by atoms with E-state index >= 15 is 0 Å². The number of fused-ring (bicyclic) bond motifs is 1. The highest BCUT2D eigenvalue weighted by Crippen LogP contribution is 2.13. The van der Waals surface area contributed by atoms with Crippen molar-refractivity contribution < 1.29 is 14.3 Å². The van der Waals surface area contributed by atoms with Gasteiger partial charge in [0.1, 0.15) is 0 Å². The van der Waals surface area contributed by atoms with Crippen molar-refractivity contribution in [3.63, 3.8) is 0 Å². The van der Waals surface area contributed by atoms with E-state index in [2.05, 4.69) is 9.97 Å². The van der Waals surface area contributed by atoms with Gasteiger partial charge in [0.05, 0.1) is 12.2 Å². The van der Waals surface area contributed by atoms with Crippen LogP contribution in [0.25, 0.3) is 11.0 Å². The van der Waals surface area contributed by atoms with E-state index in [1.54, 1.807) is 19.1 Å². The summed E-state index contributed by atoms with van der Waals surface area (Å²) in [4.78, 5) is 30.1. The van der Waals surface area contributed by atoms with E-state index in [4.69, 9.17) is 4.74 Å². The van der Waals surface area contributed by atoms with Crippen LogP contribution < -0.4 is 0 Å². The van der Waals surface area contributed by atoms with Crippen molar-refractivity contribution in [3.8, 4) is 0 Å². The molecule has 0 atom stereocenters. The fourth-order valence-corrected chi connectivity index (χ4v) is 1.43. The monoisotopic (exact) mass is 230 g/mol. The van der Waals surface area contributed by atoms with E-state index in [9.17, 15) is 9.59 Å². The third-order valence-corrected chi connectivity index (χ3v) is 2.20. The highest BCUT2D eigenvalue weighted by molar-refractivity contribution is 5.93. The topological polar surface area (TPSA) is 69.2 Å². The van der Waals surface area contributed by atoms with Gasteiger partial charge in [-0.1, -0.05) is 0 Å². The SMILES string of the molecule is CCOC(=O)c1cnc2ncc(C=O)cc2c1. The second-order valence-electron chi connectivity index (χ2n) is 3.38. The molecule has 0 aliphatic rings. The van der Waals surface area contributed by atoms with Crippen LogP contribution in [-0.4, -0.2) is 28.8 Å². The number of nitrogens with zero attached hydrogens (tertiary/aromatic N) is 2. The van der Waals surface area contributed by atoms with Gasteiger partial charge in [-0.25, -0.2) is 14.8 Å². The van der Waals surface area contributed by atoms with Gasteiger partial charge in [0.25, 0.3) is 0 Å². The molecule has 2 aromatic rings. The molecule has 2 aromatic heterocycles. The fraction of sp³-hybridized carbons (Fsp3) is 0.167. The highest BCUT2D eigenvalue weighted by Gasteiger charge is 2.08. The lowest BCUT2D eigenvalue weighted by atomic mass is 10.2. The molecule has 0 unspecified atom stereocenters. The predicted molar refractivity (Wildman–Crippen MR) is 60.9 cm³/mol. The Morgan fingerprint density at radius 3 is 2.82 bits per heavy atom. The second kappa shape index (κ2) is 4.69. The first-order chi connectivity index (χ1) is 8.24. The number of ether oxygens (including phenoxy) is 1. The summed E-state index contributed by atoms with van der Waals surface area (Å²) in [7, 11) is 0. The molecule has 0 fully saturated rings. The molecule has 0 spiro atoms. The number of hydrogen-bond acceptors (Lipinski definition) is 5. The molecule has 86 valence electrons. The zero-order valence-corrected chi connectivity index (χ0v) is 9.21. The maximum Gasteiger partial charge on any atom is 0.339 e. The molecule has 0 aliphatic carbocycles.